The fourth-order valence-corrected chi connectivity index (χ4v) is 3.56. The minimum absolute atomic E-state index is 0.126. The van der Waals surface area contributed by atoms with Gasteiger partial charge in [0.1, 0.15) is 10.4 Å². The van der Waals surface area contributed by atoms with Crippen molar-refractivity contribution in [3.63, 3.8) is 0 Å². The van der Waals surface area contributed by atoms with Crippen molar-refractivity contribution in [1.82, 2.24) is 9.55 Å². The van der Waals surface area contributed by atoms with Crippen molar-refractivity contribution in [3.05, 3.63) is 39.8 Å². The Hall–Kier alpha value is -1.13. The van der Waals surface area contributed by atoms with Gasteiger partial charge in [-0.05, 0) is 52.4 Å². The van der Waals surface area contributed by atoms with Gasteiger partial charge >= 0.3 is 0 Å². The molecule has 0 saturated heterocycles. The zero-order valence-corrected chi connectivity index (χ0v) is 12.6. The van der Waals surface area contributed by atoms with Gasteiger partial charge in [0, 0.05) is 19.0 Å². The van der Waals surface area contributed by atoms with Crippen molar-refractivity contribution < 1.29 is 5.11 Å². The molecule has 0 saturated carbocycles. The maximum atomic E-state index is 9.07. The summed E-state index contributed by atoms with van der Waals surface area (Å²) in [5.74, 6) is 0.907. The molecule has 0 atom stereocenters. The number of rotatable bonds is 3. The van der Waals surface area contributed by atoms with Crippen LogP contribution in [0.15, 0.2) is 22.8 Å². The first kappa shape index (κ1) is 12.9. The lowest BCUT2D eigenvalue weighted by atomic mass is 10.0. The maximum Gasteiger partial charge on any atom is 0.132 e. The fourth-order valence-electron chi connectivity index (χ4n) is 2.86. The quantitative estimate of drug-likeness (QED) is 0.944. The van der Waals surface area contributed by atoms with Crippen LogP contribution in [0.3, 0.4) is 0 Å². The first-order chi connectivity index (χ1) is 9.20. The second-order valence-electron chi connectivity index (χ2n) is 5.04. The Labute approximate surface area is 121 Å². The Morgan fingerprint density at radius 3 is 2.89 bits per heavy atom. The molecular weight excluding hydrogens is 304 g/mol. The van der Waals surface area contributed by atoms with Gasteiger partial charge in [-0.2, -0.15) is 0 Å². The van der Waals surface area contributed by atoms with E-state index in [1.54, 1.807) is 0 Å². The molecule has 1 aliphatic rings. The number of aliphatic hydroxyl groups is 1. The van der Waals surface area contributed by atoms with E-state index in [0.717, 1.165) is 16.1 Å². The Morgan fingerprint density at radius 1 is 1.32 bits per heavy atom. The third kappa shape index (κ3) is 2.23. The normalized spacial score (nSPS) is 13.8. The monoisotopic (exact) mass is 320 g/mol. The van der Waals surface area contributed by atoms with Crippen LogP contribution in [0.2, 0.25) is 0 Å². The summed E-state index contributed by atoms with van der Waals surface area (Å²) < 4.78 is 2.92. The minimum Gasteiger partial charge on any atom is -0.396 e. The molecule has 0 radical (unpaired) electrons. The number of hydrogen-bond donors (Lipinski definition) is 1. The highest BCUT2D eigenvalue weighted by Gasteiger charge is 2.17. The van der Waals surface area contributed by atoms with Gasteiger partial charge in [0.05, 0.1) is 12.3 Å². The molecule has 0 fully saturated rings. The van der Waals surface area contributed by atoms with E-state index >= 15 is 0 Å². The van der Waals surface area contributed by atoms with Crippen LogP contribution in [-0.2, 0) is 26.3 Å². The van der Waals surface area contributed by atoms with Crippen LogP contribution in [0.25, 0.3) is 11.3 Å². The zero-order chi connectivity index (χ0) is 13.4. The van der Waals surface area contributed by atoms with E-state index in [-0.39, 0.29) is 6.61 Å². The van der Waals surface area contributed by atoms with Crippen molar-refractivity contribution in [3.8, 4) is 11.3 Å². The summed E-state index contributed by atoms with van der Waals surface area (Å²) in [6.07, 6.45) is 4.24. The summed E-state index contributed by atoms with van der Waals surface area (Å²) in [6, 6.07) is 6.70. The average Bonchev–Trinajstić information content (AvgIpc) is 2.95. The van der Waals surface area contributed by atoms with E-state index in [1.807, 2.05) is 7.05 Å². The van der Waals surface area contributed by atoms with E-state index in [2.05, 4.69) is 43.7 Å². The first-order valence-electron chi connectivity index (χ1n) is 6.65. The molecule has 2 aromatic rings. The molecule has 0 aliphatic heterocycles. The van der Waals surface area contributed by atoms with E-state index in [0.29, 0.717) is 6.42 Å². The van der Waals surface area contributed by atoms with Gasteiger partial charge in [0.25, 0.3) is 0 Å². The summed E-state index contributed by atoms with van der Waals surface area (Å²) in [4.78, 5) is 4.49. The molecule has 1 aliphatic carbocycles. The van der Waals surface area contributed by atoms with Crippen LogP contribution in [0, 0.1) is 0 Å². The van der Waals surface area contributed by atoms with Gasteiger partial charge in [-0.3, -0.25) is 0 Å². The maximum absolute atomic E-state index is 9.07. The lowest BCUT2D eigenvalue weighted by molar-refractivity contribution is 0.295. The highest BCUT2D eigenvalue weighted by molar-refractivity contribution is 9.10. The van der Waals surface area contributed by atoms with Crippen LogP contribution in [-0.4, -0.2) is 21.3 Å². The molecule has 3 rings (SSSR count). The van der Waals surface area contributed by atoms with Crippen molar-refractivity contribution in [2.24, 2.45) is 7.05 Å². The van der Waals surface area contributed by atoms with E-state index < -0.39 is 0 Å². The van der Waals surface area contributed by atoms with Crippen LogP contribution in [0.1, 0.15) is 23.4 Å². The van der Waals surface area contributed by atoms with Crippen molar-refractivity contribution in [1.29, 1.82) is 0 Å². The molecule has 1 aromatic carbocycles. The summed E-state index contributed by atoms with van der Waals surface area (Å²) in [6.45, 7) is 0.126. The molecule has 1 N–H and O–H groups in total. The number of aliphatic hydroxyl groups excluding tert-OH is 1. The van der Waals surface area contributed by atoms with Gasteiger partial charge in [0.15, 0.2) is 0 Å². The van der Waals surface area contributed by atoms with E-state index in [4.69, 9.17) is 5.11 Å². The molecule has 0 bridgehead atoms. The summed E-state index contributed by atoms with van der Waals surface area (Å²) >= 11 is 3.54. The number of aromatic nitrogens is 2. The van der Waals surface area contributed by atoms with E-state index in [9.17, 15) is 0 Å². The molecule has 3 nitrogen and oxygen atoms in total. The lowest BCUT2D eigenvalue weighted by Gasteiger charge is -2.08. The predicted molar refractivity (Wildman–Crippen MR) is 79.2 cm³/mol. The summed E-state index contributed by atoms with van der Waals surface area (Å²) in [5, 5.41) is 9.07. The third-order valence-electron chi connectivity index (χ3n) is 3.85. The fraction of sp³-hybridized carbons (Fsp3) is 0.400. The second kappa shape index (κ2) is 5.10. The summed E-state index contributed by atoms with van der Waals surface area (Å²) in [7, 11) is 2.01. The molecule has 0 spiro atoms. The van der Waals surface area contributed by atoms with Gasteiger partial charge in [-0.1, -0.05) is 12.1 Å². The van der Waals surface area contributed by atoms with Gasteiger partial charge in [0.2, 0.25) is 0 Å². The van der Waals surface area contributed by atoms with Crippen LogP contribution >= 0.6 is 15.9 Å². The van der Waals surface area contributed by atoms with Gasteiger partial charge in [-0.25, -0.2) is 4.98 Å². The number of benzene rings is 1. The topological polar surface area (TPSA) is 38.0 Å². The Morgan fingerprint density at radius 2 is 2.11 bits per heavy atom. The summed E-state index contributed by atoms with van der Waals surface area (Å²) in [5.41, 5.74) is 5.25. The van der Waals surface area contributed by atoms with Crippen molar-refractivity contribution >= 4 is 15.9 Å². The minimum atomic E-state index is 0.126. The van der Waals surface area contributed by atoms with Crippen LogP contribution in [0.5, 0.6) is 0 Å². The molecule has 100 valence electrons. The Kier molecular flexibility index (Phi) is 3.46. The molecule has 1 heterocycles. The highest BCUT2D eigenvalue weighted by Crippen LogP contribution is 2.32. The van der Waals surface area contributed by atoms with E-state index in [1.165, 1.54) is 36.0 Å². The highest BCUT2D eigenvalue weighted by atomic mass is 79.9. The number of hydrogen-bond acceptors (Lipinski definition) is 2. The lowest BCUT2D eigenvalue weighted by Crippen LogP contribution is -2.02. The molecule has 19 heavy (non-hydrogen) atoms. The molecule has 4 heteroatoms. The standard InChI is InChI=1S/C15H17BrN2O/c1-18-13(7-8-19)17-15(16)14(18)12-6-5-10-3-2-4-11(10)9-12/h5-6,9,19H,2-4,7-8H2,1H3. The number of imidazole rings is 1. The number of nitrogens with zero attached hydrogens (tertiary/aromatic N) is 2. The Balaban J connectivity index is 2.07. The SMILES string of the molecule is Cn1c(CCO)nc(Br)c1-c1ccc2c(c1)CCC2. The third-order valence-corrected chi connectivity index (χ3v) is 4.41. The average molecular weight is 321 g/mol. The molecular formula is C15H17BrN2O. The molecule has 0 amide bonds. The zero-order valence-electron chi connectivity index (χ0n) is 11.0. The number of fused-ring (bicyclic) bond motifs is 1. The first-order valence-corrected chi connectivity index (χ1v) is 7.44. The molecule has 0 unspecified atom stereocenters. The second-order valence-corrected chi connectivity index (χ2v) is 5.79. The van der Waals surface area contributed by atoms with Gasteiger partial charge in [-0.15, -0.1) is 0 Å². The Bertz CT molecular complexity index is 619. The van der Waals surface area contributed by atoms with Crippen LogP contribution in [0.4, 0.5) is 0 Å². The van der Waals surface area contributed by atoms with Gasteiger partial charge < -0.3 is 9.67 Å². The van der Waals surface area contributed by atoms with Crippen molar-refractivity contribution in [2.45, 2.75) is 25.7 Å². The number of halogens is 1. The molecule has 1 aromatic heterocycles. The smallest absolute Gasteiger partial charge is 0.132 e. The largest absolute Gasteiger partial charge is 0.396 e. The predicted octanol–water partition coefficient (Wildman–Crippen LogP) is 2.87. The number of aryl methyl sites for hydroxylation is 2. The van der Waals surface area contributed by atoms with Crippen molar-refractivity contribution in [2.75, 3.05) is 6.61 Å². The van der Waals surface area contributed by atoms with Crippen LogP contribution < -0.4 is 0 Å².